The fourth-order valence-electron chi connectivity index (χ4n) is 0.960. The van der Waals surface area contributed by atoms with Crippen molar-refractivity contribution in [2.75, 3.05) is 36.3 Å². The van der Waals surface area contributed by atoms with Crippen LogP contribution in [0.15, 0.2) is 0 Å². The number of nitrogens with one attached hydrogen (secondary N) is 2. The number of nitrogens with two attached hydrogens (primary N) is 1. The van der Waals surface area contributed by atoms with Gasteiger partial charge in [-0.1, -0.05) is 0 Å². The van der Waals surface area contributed by atoms with Crippen molar-refractivity contribution < 1.29 is 5.11 Å². The first-order chi connectivity index (χ1) is 7.56. The molecule has 0 bridgehead atoms. The summed E-state index contributed by atoms with van der Waals surface area (Å²) in [6, 6.07) is -0.136. The molecule has 0 radical (unpaired) electrons. The highest BCUT2D eigenvalue weighted by molar-refractivity contribution is 5.42. The molecule has 0 fully saturated rings. The molecular formula is C8H17N7O. The van der Waals surface area contributed by atoms with Gasteiger partial charge in [-0.15, -0.1) is 0 Å². The zero-order valence-electron chi connectivity index (χ0n) is 9.60. The Morgan fingerprint density at radius 3 is 2.44 bits per heavy atom. The van der Waals surface area contributed by atoms with E-state index in [1.807, 2.05) is 21.0 Å². The lowest BCUT2D eigenvalue weighted by atomic mass is 10.4. The fourth-order valence-corrected chi connectivity index (χ4v) is 0.960. The van der Waals surface area contributed by atoms with Gasteiger partial charge < -0.3 is 15.3 Å². The van der Waals surface area contributed by atoms with E-state index in [1.165, 1.54) is 0 Å². The van der Waals surface area contributed by atoms with Crippen LogP contribution in [-0.2, 0) is 0 Å². The van der Waals surface area contributed by atoms with E-state index in [-0.39, 0.29) is 18.6 Å². The first kappa shape index (κ1) is 12.4. The van der Waals surface area contributed by atoms with E-state index in [0.717, 1.165) is 0 Å². The number of nitrogens with zero attached hydrogens (tertiary/aromatic N) is 4. The van der Waals surface area contributed by atoms with Gasteiger partial charge in [0.2, 0.25) is 17.8 Å². The zero-order chi connectivity index (χ0) is 12.1. The molecule has 1 rings (SSSR count). The number of anilines is 3. The quantitative estimate of drug-likeness (QED) is 0.375. The predicted octanol–water partition coefficient (Wildman–Crippen LogP) is -0.984. The van der Waals surface area contributed by atoms with Gasteiger partial charge in [-0.05, 0) is 6.92 Å². The molecule has 16 heavy (non-hydrogen) atoms. The molecule has 1 aromatic heterocycles. The summed E-state index contributed by atoms with van der Waals surface area (Å²) >= 11 is 0. The van der Waals surface area contributed by atoms with Crippen LogP contribution in [0.1, 0.15) is 6.92 Å². The van der Waals surface area contributed by atoms with Gasteiger partial charge in [0, 0.05) is 20.1 Å². The molecule has 1 aromatic rings. The Morgan fingerprint density at radius 1 is 1.31 bits per heavy atom. The summed E-state index contributed by atoms with van der Waals surface area (Å²) in [6.45, 7) is 1.81. The standard InChI is InChI=1S/C8H17N7O/c1-5(4-16)10-6-11-7(14-9)13-8(12-6)15(2)3/h5,16H,4,9H2,1-3H3,(H2,10,11,12,13,14). The molecule has 1 atom stereocenters. The van der Waals surface area contributed by atoms with Crippen molar-refractivity contribution in [3.05, 3.63) is 0 Å². The highest BCUT2D eigenvalue weighted by Gasteiger charge is 2.09. The molecule has 0 amide bonds. The van der Waals surface area contributed by atoms with E-state index < -0.39 is 0 Å². The van der Waals surface area contributed by atoms with Gasteiger partial charge >= 0.3 is 0 Å². The number of hydrogen-bond donors (Lipinski definition) is 4. The molecule has 1 unspecified atom stereocenters. The van der Waals surface area contributed by atoms with Crippen LogP contribution in [0, 0.1) is 0 Å². The Hall–Kier alpha value is -1.67. The van der Waals surface area contributed by atoms with Crippen LogP contribution in [0.5, 0.6) is 0 Å². The van der Waals surface area contributed by atoms with Crippen molar-refractivity contribution in [3.63, 3.8) is 0 Å². The average Bonchev–Trinajstić information content (AvgIpc) is 2.28. The smallest absolute Gasteiger partial charge is 0.243 e. The average molecular weight is 227 g/mol. The van der Waals surface area contributed by atoms with Crippen molar-refractivity contribution in [2.24, 2.45) is 5.84 Å². The van der Waals surface area contributed by atoms with Crippen LogP contribution in [0.4, 0.5) is 17.8 Å². The Balaban J connectivity index is 2.95. The first-order valence-corrected chi connectivity index (χ1v) is 4.84. The van der Waals surface area contributed by atoms with E-state index in [9.17, 15) is 0 Å². The van der Waals surface area contributed by atoms with Gasteiger partial charge in [-0.3, -0.25) is 5.43 Å². The second kappa shape index (κ2) is 5.42. The number of aromatic nitrogens is 3. The lowest BCUT2D eigenvalue weighted by Crippen LogP contribution is -2.24. The van der Waals surface area contributed by atoms with E-state index in [4.69, 9.17) is 10.9 Å². The maximum Gasteiger partial charge on any atom is 0.243 e. The number of aliphatic hydroxyl groups excluding tert-OH is 1. The highest BCUT2D eigenvalue weighted by Crippen LogP contribution is 2.11. The number of hydrogen-bond acceptors (Lipinski definition) is 8. The van der Waals surface area contributed by atoms with Gasteiger partial charge in [0.1, 0.15) is 0 Å². The van der Waals surface area contributed by atoms with Crippen LogP contribution in [0.3, 0.4) is 0 Å². The minimum Gasteiger partial charge on any atom is -0.394 e. The molecule has 0 aromatic carbocycles. The molecular weight excluding hydrogens is 210 g/mol. The van der Waals surface area contributed by atoms with Crippen molar-refractivity contribution in [2.45, 2.75) is 13.0 Å². The molecule has 0 saturated carbocycles. The third-order valence-electron chi connectivity index (χ3n) is 1.80. The van der Waals surface area contributed by atoms with Crippen LogP contribution in [0.25, 0.3) is 0 Å². The summed E-state index contributed by atoms with van der Waals surface area (Å²) in [4.78, 5) is 14.0. The highest BCUT2D eigenvalue weighted by atomic mass is 16.3. The van der Waals surface area contributed by atoms with E-state index in [1.54, 1.807) is 4.90 Å². The van der Waals surface area contributed by atoms with Gasteiger partial charge in [-0.25, -0.2) is 5.84 Å². The number of nitrogen functional groups attached to an aromatic ring is 1. The third-order valence-corrected chi connectivity index (χ3v) is 1.80. The Morgan fingerprint density at radius 2 is 1.94 bits per heavy atom. The number of aliphatic hydroxyl groups is 1. The van der Waals surface area contributed by atoms with Gasteiger partial charge in [-0.2, -0.15) is 15.0 Å². The Bertz CT molecular complexity index is 343. The normalized spacial score (nSPS) is 12.1. The zero-order valence-corrected chi connectivity index (χ0v) is 9.60. The van der Waals surface area contributed by atoms with Gasteiger partial charge in [0.25, 0.3) is 0 Å². The lowest BCUT2D eigenvalue weighted by molar-refractivity contribution is 0.281. The largest absolute Gasteiger partial charge is 0.394 e. The maximum absolute atomic E-state index is 8.92. The van der Waals surface area contributed by atoms with Crippen molar-refractivity contribution in [3.8, 4) is 0 Å². The topological polar surface area (TPSA) is 112 Å². The van der Waals surface area contributed by atoms with Crippen molar-refractivity contribution in [1.29, 1.82) is 0 Å². The molecule has 1 heterocycles. The SMILES string of the molecule is CC(CO)Nc1nc(NN)nc(N(C)C)n1. The first-order valence-electron chi connectivity index (χ1n) is 4.84. The molecule has 0 aliphatic carbocycles. The van der Waals surface area contributed by atoms with E-state index in [0.29, 0.717) is 11.9 Å². The molecule has 8 nitrogen and oxygen atoms in total. The second-order valence-electron chi connectivity index (χ2n) is 3.55. The lowest BCUT2D eigenvalue weighted by Gasteiger charge is -2.15. The number of hydrazine groups is 1. The molecule has 0 saturated heterocycles. The minimum atomic E-state index is -0.136. The van der Waals surface area contributed by atoms with Crippen LogP contribution < -0.4 is 21.5 Å². The second-order valence-corrected chi connectivity index (χ2v) is 3.55. The molecule has 0 spiro atoms. The summed E-state index contributed by atoms with van der Waals surface area (Å²) in [7, 11) is 3.63. The van der Waals surface area contributed by atoms with Crippen LogP contribution in [0.2, 0.25) is 0 Å². The Labute approximate surface area is 93.9 Å². The van der Waals surface area contributed by atoms with Crippen molar-refractivity contribution >= 4 is 17.8 Å². The van der Waals surface area contributed by atoms with Gasteiger partial charge in [0.15, 0.2) is 0 Å². The predicted molar refractivity (Wildman–Crippen MR) is 62.1 cm³/mol. The van der Waals surface area contributed by atoms with E-state index >= 15 is 0 Å². The number of rotatable bonds is 5. The maximum atomic E-state index is 8.92. The van der Waals surface area contributed by atoms with E-state index in [2.05, 4.69) is 25.7 Å². The summed E-state index contributed by atoms with van der Waals surface area (Å²) < 4.78 is 0. The molecule has 90 valence electrons. The van der Waals surface area contributed by atoms with Gasteiger partial charge in [0.05, 0.1) is 6.61 Å². The van der Waals surface area contributed by atoms with Crippen LogP contribution in [-0.4, -0.2) is 46.8 Å². The summed E-state index contributed by atoms with van der Waals surface area (Å²) in [5.41, 5.74) is 2.36. The molecule has 0 aliphatic rings. The summed E-state index contributed by atoms with van der Waals surface area (Å²) in [5, 5.41) is 11.8. The summed E-state index contributed by atoms with van der Waals surface area (Å²) in [6.07, 6.45) is 0. The summed E-state index contributed by atoms with van der Waals surface area (Å²) in [5.74, 6) is 6.37. The third kappa shape index (κ3) is 3.17. The minimum absolute atomic E-state index is 0.00559. The van der Waals surface area contributed by atoms with Crippen molar-refractivity contribution in [1.82, 2.24) is 15.0 Å². The van der Waals surface area contributed by atoms with Crippen LogP contribution >= 0.6 is 0 Å². The molecule has 0 aliphatic heterocycles. The monoisotopic (exact) mass is 227 g/mol. The fraction of sp³-hybridized carbons (Fsp3) is 0.625. The molecule has 8 heteroatoms. The molecule has 5 N–H and O–H groups in total. The Kier molecular flexibility index (Phi) is 4.20.